The normalized spacial score (nSPS) is 10.9. The summed E-state index contributed by atoms with van der Waals surface area (Å²) in [7, 11) is 0. The number of aryl methyl sites for hydroxylation is 2. The Bertz CT molecular complexity index is 412. The highest BCUT2D eigenvalue weighted by molar-refractivity contribution is 7.17. The van der Waals surface area contributed by atoms with E-state index in [4.69, 9.17) is 0 Å². The first-order valence-electron chi connectivity index (χ1n) is 4.78. The Hall–Kier alpha value is -0.820. The number of hydrogen-bond acceptors (Lipinski definition) is 1. The summed E-state index contributed by atoms with van der Waals surface area (Å²) in [6.07, 6.45) is 2.43. The molecule has 0 aliphatic rings. The van der Waals surface area contributed by atoms with E-state index in [0.717, 1.165) is 0 Å². The first kappa shape index (κ1) is 8.76. The van der Waals surface area contributed by atoms with Crippen molar-refractivity contribution in [3.05, 3.63) is 34.7 Å². The SMILES string of the molecule is CCCc1cc(C)c2sccc2c1. The number of hydrogen-bond donors (Lipinski definition) is 0. The molecule has 0 nitrogen and oxygen atoms in total. The maximum Gasteiger partial charge on any atom is 0.0372 e. The van der Waals surface area contributed by atoms with E-state index >= 15 is 0 Å². The molecule has 2 rings (SSSR count). The minimum absolute atomic E-state index is 1.20. The summed E-state index contributed by atoms with van der Waals surface area (Å²) in [5, 5.41) is 3.58. The average molecular weight is 190 g/mol. The third kappa shape index (κ3) is 1.61. The van der Waals surface area contributed by atoms with Gasteiger partial charge in [-0.05, 0) is 41.3 Å². The summed E-state index contributed by atoms with van der Waals surface area (Å²) in [5.41, 5.74) is 2.90. The first-order valence-corrected chi connectivity index (χ1v) is 5.66. The molecule has 0 fully saturated rings. The minimum atomic E-state index is 1.20. The van der Waals surface area contributed by atoms with E-state index in [-0.39, 0.29) is 0 Å². The van der Waals surface area contributed by atoms with Crippen molar-refractivity contribution in [1.29, 1.82) is 0 Å². The van der Waals surface area contributed by atoms with Crippen molar-refractivity contribution < 1.29 is 0 Å². The lowest BCUT2D eigenvalue weighted by Crippen LogP contribution is -1.84. The summed E-state index contributed by atoms with van der Waals surface area (Å²) in [6.45, 7) is 4.44. The van der Waals surface area contributed by atoms with E-state index in [1.165, 1.54) is 34.1 Å². The van der Waals surface area contributed by atoms with Crippen molar-refractivity contribution >= 4 is 21.4 Å². The van der Waals surface area contributed by atoms with Crippen LogP contribution in [0.25, 0.3) is 10.1 Å². The summed E-state index contributed by atoms with van der Waals surface area (Å²) in [5.74, 6) is 0. The fraction of sp³-hybridized carbons (Fsp3) is 0.333. The van der Waals surface area contributed by atoms with Crippen molar-refractivity contribution in [1.82, 2.24) is 0 Å². The van der Waals surface area contributed by atoms with Crippen molar-refractivity contribution in [3.63, 3.8) is 0 Å². The van der Waals surface area contributed by atoms with Crippen LogP contribution >= 0.6 is 11.3 Å². The lowest BCUT2D eigenvalue weighted by atomic mass is 10.1. The van der Waals surface area contributed by atoms with Crippen LogP contribution in [0.1, 0.15) is 24.5 Å². The van der Waals surface area contributed by atoms with Gasteiger partial charge in [0.05, 0.1) is 0 Å². The maximum atomic E-state index is 2.32. The molecule has 1 heteroatoms. The molecule has 68 valence electrons. The van der Waals surface area contributed by atoms with E-state index in [9.17, 15) is 0 Å². The largest absolute Gasteiger partial charge is 0.144 e. The predicted octanol–water partition coefficient (Wildman–Crippen LogP) is 4.16. The van der Waals surface area contributed by atoms with E-state index in [1.54, 1.807) is 0 Å². The molecule has 1 aromatic carbocycles. The van der Waals surface area contributed by atoms with Crippen LogP contribution in [0.2, 0.25) is 0 Å². The molecular formula is C12H14S. The highest BCUT2D eigenvalue weighted by Crippen LogP contribution is 2.26. The van der Waals surface area contributed by atoms with Gasteiger partial charge in [-0.3, -0.25) is 0 Å². The van der Waals surface area contributed by atoms with Gasteiger partial charge in [-0.1, -0.05) is 25.5 Å². The Balaban J connectivity index is 2.56. The Labute approximate surface area is 83.2 Å². The lowest BCUT2D eigenvalue weighted by Gasteiger charge is -2.02. The molecule has 0 radical (unpaired) electrons. The van der Waals surface area contributed by atoms with E-state index in [2.05, 4.69) is 37.4 Å². The molecule has 0 spiro atoms. The van der Waals surface area contributed by atoms with E-state index in [1.807, 2.05) is 11.3 Å². The van der Waals surface area contributed by atoms with Crippen LogP contribution < -0.4 is 0 Å². The summed E-state index contributed by atoms with van der Waals surface area (Å²) in [6, 6.07) is 6.86. The third-order valence-electron chi connectivity index (χ3n) is 2.34. The molecule has 2 aromatic rings. The van der Waals surface area contributed by atoms with Gasteiger partial charge in [0.25, 0.3) is 0 Å². The lowest BCUT2D eigenvalue weighted by molar-refractivity contribution is 0.922. The van der Waals surface area contributed by atoms with Gasteiger partial charge in [0.1, 0.15) is 0 Å². The van der Waals surface area contributed by atoms with Gasteiger partial charge < -0.3 is 0 Å². The Kier molecular flexibility index (Phi) is 2.36. The summed E-state index contributed by atoms with van der Waals surface area (Å²) >= 11 is 1.84. The quantitative estimate of drug-likeness (QED) is 0.667. The highest BCUT2D eigenvalue weighted by atomic mass is 32.1. The van der Waals surface area contributed by atoms with Crippen molar-refractivity contribution in [2.24, 2.45) is 0 Å². The monoisotopic (exact) mass is 190 g/mol. The Morgan fingerprint density at radius 2 is 2.15 bits per heavy atom. The van der Waals surface area contributed by atoms with Crippen LogP contribution in [-0.2, 0) is 6.42 Å². The molecule has 0 aliphatic heterocycles. The molecule has 1 aromatic heterocycles. The molecular weight excluding hydrogens is 176 g/mol. The van der Waals surface area contributed by atoms with E-state index < -0.39 is 0 Å². The van der Waals surface area contributed by atoms with Gasteiger partial charge in [-0.15, -0.1) is 11.3 Å². The molecule has 0 saturated carbocycles. The van der Waals surface area contributed by atoms with Crippen molar-refractivity contribution in [2.75, 3.05) is 0 Å². The maximum absolute atomic E-state index is 2.32. The van der Waals surface area contributed by atoms with Crippen LogP contribution in [-0.4, -0.2) is 0 Å². The van der Waals surface area contributed by atoms with Crippen LogP contribution in [0.5, 0.6) is 0 Å². The molecule has 0 aliphatic carbocycles. The zero-order valence-corrected chi connectivity index (χ0v) is 8.95. The minimum Gasteiger partial charge on any atom is -0.144 e. The second-order valence-electron chi connectivity index (χ2n) is 3.50. The Morgan fingerprint density at radius 1 is 1.31 bits per heavy atom. The van der Waals surface area contributed by atoms with Gasteiger partial charge in [-0.25, -0.2) is 0 Å². The number of rotatable bonds is 2. The van der Waals surface area contributed by atoms with Crippen LogP contribution in [0.4, 0.5) is 0 Å². The second-order valence-corrected chi connectivity index (χ2v) is 4.42. The topological polar surface area (TPSA) is 0 Å². The van der Waals surface area contributed by atoms with Crippen LogP contribution in [0, 0.1) is 6.92 Å². The highest BCUT2D eigenvalue weighted by Gasteiger charge is 2.00. The van der Waals surface area contributed by atoms with Crippen LogP contribution in [0.15, 0.2) is 23.6 Å². The molecule has 1 heterocycles. The van der Waals surface area contributed by atoms with Crippen molar-refractivity contribution in [3.8, 4) is 0 Å². The third-order valence-corrected chi connectivity index (χ3v) is 3.40. The zero-order valence-electron chi connectivity index (χ0n) is 8.13. The fourth-order valence-corrected chi connectivity index (χ4v) is 2.63. The van der Waals surface area contributed by atoms with Crippen LogP contribution in [0.3, 0.4) is 0 Å². The predicted molar refractivity (Wildman–Crippen MR) is 60.6 cm³/mol. The average Bonchev–Trinajstić information content (AvgIpc) is 2.53. The summed E-state index contributed by atoms with van der Waals surface area (Å²) < 4.78 is 1.44. The van der Waals surface area contributed by atoms with E-state index in [0.29, 0.717) is 0 Å². The Morgan fingerprint density at radius 3 is 2.92 bits per heavy atom. The smallest absolute Gasteiger partial charge is 0.0372 e. The zero-order chi connectivity index (χ0) is 9.26. The molecule has 0 saturated heterocycles. The van der Waals surface area contributed by atoms with Gasteiger partial charge in [0.15, 0.2) is 0 Å². The first-order chi connectivity index (χ1) is 6.31. The molecule has 0 amide bonds. The fourth-order valence-electron chi connectivity index (χ4n) is 1.77. The second kappa shape index (κ2) is 3.51. The molecule has 0 unspecified atom stereocenters. The van der Waals surface area contributed by atoms with Gasteiger partial charge >= 0.3 is 0 Å². The molecule has 0 N–H and O–H groups in total. The van der Waals surface area contributed by atoms with Gasteiger partial charge in [-0.2, -0.15) is 0 Å². The molecule has 13 heavy (non-hydrogen) atoms. The standard InChI is InChI=1S/C12H14S/c1-3-4-10-7-9(2)12-11(8-10)5-6-13-12/h5-8H,3-4H2,1-2H3. The number of thiophene rings is 1. The van der Waals surface area contributed by atoms with Gasteiger partial charge in [0.2, 0.25) is 0 Å². The molecule has 0 atom stereocenters. The number of benzene rings is 1. The number of fused-ring (bicyclic) bond motifs is 1. The summed E-state index contributed by atoms with van der Waals surface area (Å²) in [4.78, 5) is 0. The van der Waals surface area contributed by atoms with Crippen molar-refractivity contribution in [2.45, 2.75) is 26.7 Å². The molecule has 0 bridgehead atoms. The van der Waals surface area contributed by atoms with Gasteiger partial charge in [0, 0.05) is 4.70 Å².